The molecule has 0 radical (unpaired) electrons. The maximum absolute atomic E-state index is 7.30. The van der Waals surface area contributed by atoms with E-state index in [9.17, 15) is 0 Å². The third-order valence-corrected chi connectivity index (χ3v) is 2.88. The third-order valence-electron chi connectivity index (χ3n) is 2.88. The number of nitrogens with one attached hydrogen (secondary N) is 2. The van der Waals surface area contributed by atoms with Crippen molar-refractivity contribution in [2.75, 3.05) is 0 Å². The summed E-state index contributed by atoms with van der Waals surface area (Å²) in [5, 5.41) is 10.7. The van der Waals surface area contributed by atoms with Crippen LogP contribution in [0.4, 0.5) is 0 Å². The second kappa shape index (κ2) is 2.59. The average Bonchev–Trinajstić information content (AvgIpc) is 2.62. The van der Waals surface area contributed by atoms with E-state index in [1.807, 2.05) is 6.08 Å². The van der Waals surface area contributed by atoms with Crippen molar-refractivity contribution in [2.24, 2.45) is 5.73 Å². The normalized spacial score (nSPS) is 31.5. The highest BCUT2D eigenvalue weighted by Gasteiger charge is 2.36. The Hall–Kier alpha value is -0.830. The summed E-state index contributed by atoms with van der Waals surface area (Å²) in [6.45, 7) is 0. The molecule has 66 valence electrons. The highest BCUT2D eigenvalue weighted by molar-refractivity contribution is 5.85. The molecule has 0 bridgehead atoms. The zero-order chi connectivity index (χ0) is 8.60. The SMILES string of the molecule is N=C(N)C1C=CC2(CCCC2)N1. The van der Waals surface area contributed by atoms with Crippen LogP contribution >= 0.6 is 0 Å². The molecule has 0 aromatic rings. The lowest BCUT2D eigenvalue weighted by molar-refractivity contribution is 0.438. The van der Waals surface area contributed by atoms with Crippen molar-refractivity contribution in [3.8, 4) is 0 Å². The predicted molar refractivity (Wildman–Crippen MR) is 49.2 cm³/mol. The van der Waals surface area contributed by atoms with Crippen LogP contribution in [0.3, 0.4) is 0 Å². The van der Waals surface area contributed by atoms with Gasteiger partial charge in [0.15, 0.2) is 0 Å². The van der Waals surface area contributed by atoms with Crippen molar-refractivity contribution < 1.29 is 0 Å². The van der Waals surface area contributed by atoms with Gasteiger partial charge in [0.1, 0.15) is 5.84 Å². The van der Waals surface area contributed by atoms with Crippen molar-refractivity contribution in [1.82, 2.24) is 5.32 Å². The molecule has 0 saturated heterocycles. The van der Waals surface area contributed by atoms with Gasteiger partial charge in [-0.2, -0.15) is 0 Å². The highest BCUT2D eigenvalue weighted by Crippen LogP contribution is 2.34. The van der Waals surface area contributed by atoms with Gasteiger partial charge in [0.2, 0.25) is 0 Å². The lowest BCUT2D eigenvalue weighted by atomic mass is 10.0. The van der Waals surface area contributed by atoms with Crippen LogP contribution in [0, 0.1) is 5.41 Å². The molecule has 2 rings (SSSR count). The van der Waals surface area contributed by atoms with E-state index in [1.165, 1.54) is 25.7 Å². The Morgan fingerprint density at radius 2 is 2.17 bits per heavy atom. The molecule has 1 aliphatic carbocycles. The molecule has 3 heteroatoms. The number of nitrogens with two attached hydrogens (primary N) is 1. The lowest BCUT2D eigenvalue weighted by Gasteiger charge is -2.24. The van der Waals surface area contributed by atoms with E-state index < -0.39 is 0 Å². The quantitative estimate of drug-likeness (QED) is 0.305. The van der Waals surface area contributed by atoms with Crippen LogP contribution in [-0.2, 0) is 0 Å². The molecule has 1 aliphatic heterocycles. The third kappa shape index (κ3) is 1.14. The Morgan fingerprint density at radius 1 is 1.50 bits per heavy atom. The fourth-order valence-corrected chi connectivity index (χ4v) is 2.18. The summed E-state index contributed by atoms with van der Waals surface area (Å²) >= 11 is 0. The molecule has 1 atom stereocenters. The number of hydrogen-bond donors (Lipinski definition) is 3. The summed E-state index contributed by atoms with van der Waals surface area (Å²) in [6, 6.07) is -0.0110. The summed E-state index contributed by atoms with van der Waals surface area (Å²) in [7, 11) is 0. The standard InChI is InChI=1S/C9H15N3/c10-8(11)7-3-6-9(12-7)4-1-2-5-9/h3,6-7,12H,1-2,4-5H2,(H3,10,11). The molecule has 2 aliphatic rings. The zero-order valence-electron chi connectivity index (χ0n) is 7.14. The smallest absolute Gasteiger partial charge is 0.112 e. The predicted octanol–water partition coefficient (Wildman–Crippen LogP) is 0.763. The van der Waals surface area contributed by atoms with Crippen LogP contribution < -0.4 is 11.1 Å². The summed E-state index contributed by atoms with van der Waals surface area (Å²) < 4.78 is 0. The first-order valence-electron chi connectivity index (χ1n) is 4.53. The van der Waals surface area contributed by atoms with Gasteiger partial charge in [-0.3, -0.25) is 10.7 Å². The van der Waals surface area contributed by atoms with E-state index in [0.717, 1.165) is 0 Å². The summed E-state index contributed by atoms with van der Waals surface area (Å²) in [4.78, 5) is 0. The van der Waals surface area contributed by atoms with Crippen LogP contribution in [0.15, 0.2) is 12.2 Å². The monoisotopic (exact) mass is 165 g/mol. The van der Waals surface area contributed by atoms with E-state index in [0.29, 0.717) is 0 Å². The molecule has 1 unspecified atom stereocenters. The van der Waals surface area contributed by atoms with Gasteiger partial charge in [-0.05, 0) is 12.8 Å². The molecule has 0 aromatic heterocycles. The van der Waals surface area contributed by atoms with Gasteiger partial charge in [0.05, 0.1) is 6.04 Å². The van der Waals surface area contributed by atoms with Gasteiger partial charge in [0, 0.05) is 5.54 Å². The second-order valence-electron chi connectivity index (χ2n) is 3.80. The minimum Gasteiger partial charge on any atom is -0.386 e. The fraction of sp³-hybridized carbons (Fsp3) is 0.667. The molecule has 1 fully saturated rings. The Labute approximate surface area is 72.5 Å². The molecule has 3 nitrogen and oxygen atoms in total. The first kappa shape index (κ1) is 7.80. The van der Waals surface area contributed by atoms with Crippen LogP contribution in [0.1, 0.15) is 25.7 Å². The molecule has 1 spiro atoms. The highest BCUT2D eigenvalue weighted by atomic mass is 15.1. The summed E-state index contributed by atoms with van der Waals surface area (Å²) in [5.74, 6) is 0.232. The Bertz CT molecular complexity index is 226. The van der Waals surface area contributed by atoms with Crippen LogP contribution in [-0.4, -0.2) is 17.4 Å². The molecule has 1 heterocycles. The van der Waals surface area contributed by atoms with Crippen molar-refractivity contribution in [2.45, 2.75) is 37.3 Å². The van der Waals surface area contributed by atoms with Crippen molar-refractivity contribution >= 4 is 5.84 Å². The Kier molecular flexibility index (Phi) is 1.68. The number of amidine groups is 1. The molecule has 4 N–H and O–H groups in total. The summed E-state index contributed by atoms with van der Waals surface area (Å²) in [5.41, 5.74) is 5.61. The zero-order valence-corrected chi connectivity index (χ0v) is 7.14. The van der Waals surface area contributed by atoms with Crippen molar-refractivity contribution in [3.05, 3.63) is 12.2 Å². The maximum Gasteiger partial charge on any atom is 0.112 e. The number of rotatable bonds is 1. The van der Waals surface area contributed by atoms with Gasteiger partial charge >= 0.3 is 0 Å². The second-order valence-corrected chi connectivity index (χ2v) is 3.80. The average molecular weight is 165 g/mol. The van der Waals surface area contributed by atoms with Crippen LogP contribution in [0.5, 0.6) is 0 Å². The van der Waals surface area contributed by atoms with E-state index in [-0.39, 0.29) is 17.4 Å². The van der Waals surface area contributed by atoms with Gasteiger partial charge < -0.3 is 5.73 Å². The minimum atomic E-state index is -0.0110. The van der Waals surface area contributed by atoms with Crippen molar-refractivity contribution in [3.63, 3.8) is 0 Å². The van der Waals surface area contributed by atoms with Gasteiger partial charge in [0.25, 0.3) is 0 Å². The molecule has 0 aromatic carbocycles. The summed E-state index contributed by atoms with van der Waals surface area (Å²) in [6.07, 6.45) is 9.21. The Balaban J connectivity index is 2.07. The molecule has 0 amide bonds. The maximum atomic E-state index is 7.30. The lowest BCUT2D eigenvalue weighted by Crippen LogP contribution is -2.46. The molecule has 1 saturated carbocycles. The van der Waals surface area contributed by atoms with E-state index in [2.05, 4.69) is 11.4 Å². The van der Waals surface area contributed by atoms with E-state index in [1.54, 1.807) is 0 Å². The van der Waals surface area contributed by atoms with Crippen molar-refractivity contribution in [1.29, 1.82) is 5.41 Å². The Morgan fingerprint density at radius 3 is 2.67 bits per heavy atom. The minimum absolute atomic E-state index is 0.0110. The first-order chi connectivity index (χ1) is 5.72. The largest absolute Gasteiger partial charge is 0.386 e. The van der Waals surface area contributed by atoms with E-state index in [4.69, 9.17) is 11.1 Å². The van der Waals surface area contributed by atoms with Gasteiger partial charge in [-0.15, -0.1) is 0 Å². The molecular weight excluding hydrogens is 150 g/mol. The van der Waals surface area contributed by atoms with Crippen LogP contribution in [0.2, 0.25) is 0 Å². The molecular formula is C9H15N3. The van der Waals surface area contributed by atoms with E-state index >= 15 is 0 Å². The van der Waals surface area contributed by atoms with Gasteiger partial charge in [-0.1, -0.05) is 25.0 Å². The molecule has 12 heavy (non-hydrogen) atoms. The fourth-order valence-electron chi connectivity index (χ4n) is 2.18. The first-order valence-corrected chi connectivity index (χ1v) is 4.53. The van der Waals surface area contributed by atoms with Crippen LogP contribution in [0.25, 0.3) is 0 Å². The van der Waals surface area contributed by atoms with Gasteiger partial charge in [-0.25, -0.2) is 0 Å². The topological polar surface area (TPSA) is 61.9 Å². The number of hydrogen-bond acceptors (Lipinski definition) is 2.